The van der Waals surface area contributed by atoms with Crippen LogP contribution in [0, 0.1) is 12.7 Å². The Labute approximate surface area is 188 Å². The van der Waals surface area contributed by atoms with E-state index in [4.69, 9.17) is 0 Å². The third kappa shape index (κ3) is 4.73. The van der Waals surface area contributed by atoms with Crippen LogP contribution in [0.5, 0.6) is 0 Å². The van der Waals surface area contributed by atoms with Crippen molar-refractivity contribution < 1.29 is 31.1 Å². The second-order valence-corrected chi connectivity index (χ2v) is 8.14. The van der Waals surface area contributed by atoms with E-state index < -0.39 is 54.6 Å². The number of nitrogens with one attached hydrogen (secondary N) is 2. The van der Waals surface area contributed by atoms with Crippen molar-refractivity contribution in [3.05, 3.63) is 47.7 Å². The summed E-state index contributed by atoms with van der Waals surface area (Å²) in [5.41, 5.74) is -2.27. The first-order valence-corrected chi connectivity index (χ1v) is 9.88. The number of halogens is 6. The average Bonchev–Trinajstić information content (AvgIpc) is 3.40. The molecule has 0 unspecified atom stereocenters. The highest BCUT2D eigenvalue weighted by atomic mass is 19.4. The second kappa shape index (κ2) is 8.07. The van der Waals surface area contributed by atoms with E-state index in [1.807, 2.05) is 0 Å². The highest BCUT2D eigenvalue weighted by molar-refractivity contribution is 5.90. The molecule has 2 N–H and O–H groups in total. The molecule has 4 heterocycles. The van der Waals surface area contributed by atoms with Gasteiger partial charge >= 0.3 is 6.18 Å². The van der Waals surface area contributed by atoms with Crippen LogP contribution in [0.3, 0.4) is 0 Å². The predicted octanol–water partition coefficient (Wildman–Crippen LogP) is 2.81. The fraction of sp³-hybridized carbons (Fsp3) is 0.421. The molecule has 3 aromatic rings. The number of nitrogens with zero attached hydrogens (tertiary/aromatic N) is 6. The van der Waals surface area contributed by atoms with Gasteiger partial charge in [-0.05, 0) is 19.9 Å². The van der Waals surface area contributed by atoms with Crippen molar-refractivity contribution in [2.45, 2.75) is 44.5 Å². The minimum atomic E-state index is -4.65. The van der Waals surface area contributed by atoms with E-state index >= 15 is 0 Å². The number of hydrogen-bond donors (Lipinski definition) is 2. The van der Waals surface area contributed by atoms with Crippen molar-refractivity contribution in [3.63, 3.8) is 0 Å². The van der Waals surface area contributed by atoms with Gasteiger partial charge in [0.05, 0.1) is 24.0 Å². The van der Waals surface area contributed by atoms with Gasteiger partial charge in [0.1, 0.15) is 12.9 Å². The largest absolute Gasteiger partial charge is 0.435 e. The summed E-state index contributed by atoms with van der Waals surface area (Å²) >= 11 is 0. The van der Waals surface area contributed by atoms with E-state index in [-0.39, 0.29) is 23.0 Å². The number of hydrogen-bond acceptors (Lipinski definition) is 6. The molecule has 0 aromatic carbocycles. The Balaban J connectivity index is 1.46. The van der Waals surface area contributed by atoms with Crippen molar-refractivity contribution in [2.75, 3.05) is 11.9 Å². The van der Waals surface area contributed by atoms with Gasteiger partial charge in [-0.2, -0.15) is 23.0 Å². The Morgan fingerprint density at radius 2 is 1.97 bits per heavy atom. The molecule has 0 saturated carbocycles. The van der Waals surface area contributed by atoms with E-state index in [9.17, 15) is 31.1 Å². The molecule has 1 aliphatic heterocycles. The van der Waals surface area contributed by atoms with Crippen molar-refractivity contribution in [1.82, 2.24) is 34.8 Å². The van der Waals surface area contributed by atoms with Crippen molar-refractivity contribution in [1.29, 1.82) is 0 Å². The van der Waals surface area contributed by atoms with E-state index in [0.29, 0.717) is 0 Å². The fourth-order valence-corrected chi connectivity index (χ4v) is 3.56. The van der Waals surface area contributed by atoms with E-state index in [0.717, 1.165) is 34.0 Å². The Kier molecular flexibility index (Phi) is 5.62. The van der Waals surface area contributed by atoms with Gasteiger partial charge < -0.3 is 5.32 Å². The number of pyridine rings is 1. The number of amides is 1. The molecule has 1 fully saturated rings. The Morgan fingerprint density at radius 3 is 2.56 bits per heavy atom. The maximum atomic E-state index is 14.6. The molecule has 1 aliphatic rings. The summed E-state index contributed by atoms with van der Waals surface area (Å²) in [6, 6.07) is 1.74. The Morgan fingerprint density at radius 1 is 1.24 bits per heavy atom. The predicted molar refractivity (Wildman–Crippen MR) is 105 cm³/mol. The summed E-state index contributed by atoms with van der Waals surface area (Å²) in [4.78, 5) is 20.1. The quantitative estimate of drug-likeness (QED) is 0.536. The van der Waals surface area contributed by atoms with Gasteiger partial charge in [-0.1, -0.05) is 0 Å². The summed E-state index contributed by atoms with van der Waals surface area (Å²) in [7, 11) is 0. The molecule has 34 heavy (non-hydrogen) atoms. The number of alkyl halides is 5. The average molecular weight is 488 g/mol. The normalized spacial score (nSPS) is 20.0. The third-order valence-corrected chi connectivity index (χ3v) is 5.22. The lowest BCUT2D eigenvalue weighted by Crippen LogP contribution is -2.34. The third-order valence-electron chi connectivity index (χ3n) is 5.22. The van der Waals surface area contributed by atoms with Crippen LogP contribution >= 0.6 is 0 Å². The molecule has 182 valence electrons. The standard InChI is InChI=1S/C19H18F6N8O/c1-10-3-13(19(23,24)25)30-32(10)6-14(34)29-11-4-12(20)15(26-5-11)33-9-27-16(31-33)17(2)7-18(21,22)8-28-17/h3-5,9,28H,6-8H2,1-2H3,(H,29,34)/t17-/m0/s1. The first kappa shape index (κ1) is 23.7. The molecule has 1 amide bonds. The number of carbonyl (C=O) groups excluding carboxylic acids is 1. The minimum Gasteiger partial charge on any atom is -0.323 e. The van der Waals surface area contributed by atoms with Gasteiger partial charge in [0.15, 0.2) is 23.2 Å². The molecular weight excluding hydrogens is 470 g/mol. The molecule has 1 atom stereocenters. The van der Waals surface area contributed by atoms with E-state index in [1.54, 1.807) is 0 Å². The molecule has 3 aromatic heterocycles. The molecule has 0 radical (unpaired) electrons. The summed E-state index contributed by atoms with van der Waals surface area (Å²) in [6.07, 6.45) is -2.94. The summed E-state index contributed by atoms with van der Waals surface area (Å²) < 4.78 is 81.9. The van der Waals surface area contributed by atoms with E-state index in [1.165, 1.54) is 13.8 Å². The number of aryl methyl sites for hydroxylation is 1. The van der Waals surface area contributed by atoms with Crippen LogP contribution in [0.2, 0.25) is 0 Å². The maximum absolute atomic E-state index is 14.6. The van der Waals surface area contributed by atoms with Gasteiger partial charge in [0, 0.05) is 18.2 Å². The number of anilines is 1. The number of carbonyl (C=O) groups is 1. The Bertz CT molecular complexity index is 1240. The lowest BCUT2D eigenvalue weighted by atomic mass is 9.98. The summed E-state index contributed by atoms with van der Waals surface area (Å²) in [5.74, 6) is -4.83. The molecule has 1 saturated heterocycles. The van der Waals surface area contributed by atoms with E-state index in [2.05, 4.69) is 30.8 Å². The first-order chi connectivity index (χ1) is 15.8. The van der Waals surface area contributed by atoms with Gasteiger partial charge in [-0.25, -0.2) is 23.1 Å². The zero-order chi connectivity index (χ0) is 24.9. The van der Waals surface area contributed by atoms with Crippen LogP contribution < -0.4 is 10.6 Å². The fourth-order valence-electron chi connectivity index (χ4n) is 3.56. The van der Waals surface area contributed by atoms with Crippen LogP contribution in [0.25, 0.3) is 5.82 Å². The highest BCUT2D eigenvalue weighted by Gasteiger charge is 2.49. The first-order valence-electron chi connectivity index (χ1n) is 9.88. The minimum absolute atomic E-state index is 0.0380. The van der Waals surface area contributed by atoms with Crippen LogP contribution in [0.15, 0.2) is 24.7 Å². The van der Waals surface area contributed by atoms with Crippen LogP contribution in [0.1, 0.15) is 30.6 Å². The maximum Gasteiger partial charge on any atom is 0.435 e. The van der Waals surface area contributed by atoms with Crippen molar-refractivity contribution in [3.8, 4) is 5.82 Å². The monoisotopic (exact) mass is 488 g/mol. The molecule has 4 rings (SSSR count). The molecule has 0 bridgehead atoms. The van der Waals surface area contributed by atoms with Gasteiger partial charge in [0.25, 0.3) is 5.92 Å². The van der Waals surface area contributed by atoms with Crippen molar-refractivity contribution in [2.24, 2.45) is 0 Å². The smallest absolute Gasteiger partial charge is 0.323 e. The number of aromatic nitrogens is 6. The SMILES string of the molecule is Cc1cc(C(F)(F)F)nn1CC(=O)Nc1cnc(-n2cnc([C@]3(C)CC(F)(F)CN3)n2)c(F)c1. The topological polar surface area (TPSA) is 103 Å². The number of rotatable bonds is 5. The molecule has 0 spiro atoms. The highest BCUT2D eigenvalue weighted by Crippen LogP contribution is 2.37. The summed E-state index contributed by atoms with van der Waals surface area (Å²) in [5, 5.41) is 12.4. The molecule has 0 aliphatic carbocycles. The van der Waals surface area contributed by atoms with Crippen LogP contribution in [-0.2, 0) is 23.1 Å². The second-order valence-electron chi connectivity index (χ2n) is 8.14. The molecule has 9 nitrogen and oxygen atoms in total. The molecule has 15 heteroatoms. The zero-order valence-electron chi connectivity index (χ0n) is 17.8. The lowest BCUT2D eigenvalue weighted by Gasteiger charge is -2.19. The zero-order valence-corrected chi connectivity index (χ0v) is 17.8. The molecular formula is C19H18F6N8O. The van der Waals surface area contributed by atoms with Crippen LogP contribution in [0.4, 0.5) is 32.0 Å². The lowest BCUT2D eigenvalue weighted by molar-refractivity contribution is -0.141. The summed E-state index contributed by atoms with van der Waals surface area (Å²) in [6.45, 7) is 1.80. The van der Waals surface area contributed by atoms with Gasteiger partial charge in [-0.15, -0.1) is 5.10 Å². The van der Waals surface area contributed by atoms with Gasteiger partial charge in [0.2, 0.25) is 5.91 Å². The van der Waals surface area contributed by atoms with Crippen LogP contribution in [-0.4, -0.2) is 47.9 Å². The Hall–Kier alpha value is -3.49. The van der Waals surface area contributed by atoms with Crippen molar-refractivity contribution >= 4 is 11.6 Å². The van der Waals surface area contributed by atoms with Gasteiger partial charge in [-0.3, -0.25) is 14.8 Å².